The lowest BCUT2D eigenvalue weighted by Crippen LogP contribution is -2.36. The van der Waals surface area contributed by atoms with Gasteiger partial charge in [-0.3, -0.25) is 0 Å². The number of hydrogen-bond donors (Lipinski definition) is 2. The van der Waals surface area contributed by atoms with Gasteiger partial charge in [0.25, 0.3) is 0 Å². The first-order chi connectivity index (χ1) is 9.40. The lowest BCUT2D eigenvalue weighted by Gasteiger charge is -2.15. The van der Waals surface area contributed by atoms with E-state index in [1.54, 1.807) is 32.2 Å². The average Bonchev–Trinajstić information content (AvgIpc) is 2.38. The van der Waals surface area contributed by atoms with E-state index in [1.165, 1.54) is 0 Å². The second kappa shape index (κ2) is 7.95. The highest BCUT2D eigenvalue weighted by atomic mass is 35.5. The number of sulfonamides is 1. The number of benzene rings is 1. The normalized spacial score (nSPS) is 13.4. The van der Waals surface area contributed by atoms with E-state index in [2.05, 4.69) is 10.0 Å². The van der Waals surface area contributed by atoms with Gasteiger partial charge >= 0.3 is 0 Å². The molecule has 0 radical (unpaired) electrons. The Morgan fingerprint density at radius 3 is 2.70 bits per heavy atom. The van der Waals surface area contributed by atoms with Crippen LogP contribution in [0.5, 0.6) is 0 Å². The van der Waals surface area contributed by atoms with Crippen molar-refractivity contribution in [2.24, 2.45) is 0 Å². The van der Waals surface area contributed by atoms with Crippen LogP contribution in [0.2, 0.25) is 5.02 Å². The summed E-state index contributed by atoms with van der Waals surface area (Å²) in [7, 11) is -1.85. The lowest BCUT2D eigenvalue weighted by atomic mass is 10.2. The molecule has 1 rings (SSSR count). The molecule has 5 nitrogen and oxygen atoms in total. The fourth-order valence-corrected chi connectivity index (χ4v) is 3.50. The highest BCUT2D eigenvalue weighted by Crippen LogP contribution is 2.22. The predicted molar refractivity (Wildman–Crippen MR) is 80.5 cm³/mol. The Kier molecular flexibility index (Phi) is 6.91. The highest BCUT2D eigenvalue weighted by Gasteiger charge is 2.20. The van der Waals surface area contributed by atoms with E-state index in [4.69, 9.17) is 16.3 Å². The molecular formula is C13H21ClN2O3S. The van der Waals surface area contributed by atoms with Crippen molar-refractivity contribution in [3.05, 3.63) is 28.8 Å². The van der Waals surface area contributed by atoms with Crippen LogP contribution in [0.1, 0.15) is 19.4 Å². The van der Waals surface area contributed by atoms with Crippen molar-refractivity contribution < 1.29 is 13.2 Å². The third-order valence-electron chi connectivity index (χ3n) is 2.59. The lowest BCUT2D eigenvalue weighted by molar-refractivity contribution is 0.133. The summed E-state index contributed by atoms with van der Waals surface area (Å²) in [5, 5.41) is 3.18. The molecule has 114 valence electrons. The molecule has 0 heterocycles. The third kappa shape index (κ3) is 5.03. The molecule has 1 aromatic rings. The van der Waals surface area contributed by atoms with Gasteiger partial charge in [0.05, 0.1) is 11.6 Å². The van der Waals surface area contributed by atoms with Crippen molar-refractivity contribution in [1.82, 2.24) is 10.0 Å². The van der Waals surface area contributed by atoms with Crippen LogP contribution in [0.3, 0.4) is 0 Å². The van der Waals surface area contributed by atoms with Crippen molar-refractivity contribution in [2.75, 3.05) is 20.3 Å². The van der Waals surface area contributed by atoms with E-state index < -0.39 is 10.0 Å². The second-order valence-electron chi connectivity index (χ2n) is 4.48. The molecule has 0 saturated heterocycles. The number of rotatable bonds is 8. The van der Waals surface area contributed by atoms with Crippen LogP contribution in [-0.2, 0) is 21.3 Å². The maximum Gasteiger partial charge on any atom is 0.242 e. The van der Waals surface area contributed by atoms with Gasteiger partial charge in [-0.05, 0) is 38.6 Å². The van der Waals surface area contributed by atoms with Gasteiger partial charge in [-0.25, -0.2) is 13.1 Å². The molecule has 1 atom stereocenters. The Bertz CT molecular complexity index is 534. The van der Waals surface area contributed by atoms with Gasteiger partial charge < -0.3 is 10.1 Å². The molecule has 0 saturated carbocycles. The highest BCUT2D eigenvalue weighted by molar-refractivity contribution is 7.89. The van der Waals surface area contributed by atoms with Crippen LogP contribution in [0.15, 0.2) is 23.1 Å². The molecule has 0 bridgehead atoms. The van der Waals surface area contributed by atoms with Gasteiger partial charge in [-0.2, -0.15) is 0 Å². The van der Waals surface area contributed by atoms with Gasteiger partial charge in [0, 0.05) is 19.2 Å². The van der Waals surface area contributed by atoms with E-state index in [0.717, 1.165) is 5.56 Å². The van der Waals surface area contributed by atoms with Gasteiger partial charge in [0.15, 0.2) is 0 Å². The van der Waals surface area contributed by atoms with E-state index in [-0.39, 0.29) is 16.0 Å². The zero-order valence-corrected chi connectivity index (χ0v) is 13.5. The molecule has 20 heavy (non-hydrogen) atoms. The van der Waals surface area contributed by atoms with E-state index in [0.29, 0.717) is 19.8 Å². The Morgan fingerprint density at radius 2 is 2.10 bits per heavy atom. The van der Waals surface area contributed by atoms with Crippen molar-refractivity contribution >= 4 is 21.6 Å². The summed E-state index contributed by atoms with van der Waals surface area (Å²) in [4.78, 5) is 0.0928. The summed E-state index contributed by atoms with van der Waals surface area (Å²) >= 11 is 6.00. The largest absolute Gasteiger partial charge is 0.380 e. The smallest absolute Gasteiger partial charge is 0.242 e. The fraction of sp³-hybridized carbons (Fsp3) is 0.538. The Hall–Kier alpha value is -0.660. The minimum Gasteiger partial charge on any atom is -0.380 e. The van der Waals surface area contributed by atoms with Crippen molar-refractivity contribution in [3.63, 3.8) is 0 Å². The van der Waals surface area contributed by atoms with Crippen LogP contribution < -0.4 is 10.0 Å². The Morgan fingerprint density at radius 1 is 1.40 bits per heavy atom. The molecule has 0 amide bonds. The minimum absolute atomic E-state index is 0.0928. The molecule has 1 aromatic carbocycles. The molecule has 1 unspecified atom stereocenters. The van der Waals surface area contributed by atoms with Crippen LogP contribution in [0, 0.1) is 0 Å². The summed E-state index contributed by atoms with van der Waals surface area (Å²) in [5.74, 6) is 0. The SMILES string of the molecule is CCOCC(C)NS(=O)(=O)c1cc(CNC)ccc1Cl. The van der Waals surface area contributed by atoms with Crippen LogP contribution in [-0.4, -0.2) is 34.7 Å². The maximum absolute atomic E-state index is 12.3. The van der Waals surface area contributed by atoms with Crippen LogP contribution in [0.4, 0.5) is 0 Å². The average molecular weight is 321 g/mol. The molecule has 0 fully saturated rings. The minimum atomic E-state index is -3.65. The zero-order valence-electron chi connectivity index (χ0n) is 11.9. The summed E-state index contributed by atoms with van der Waals surface area (Å²) < 4.78 is 32.4. The zero-order chi connectivity index (χ0) is 15.2. The number of nitrogens with one attached hydrogen (secondary N) is 2. The second-order valence-corrected chi connectivity index (χ2v) is 6.57. The number of halogens is 1. The number of ether oxygens (including phenoxy) is 1. The van der Waals surface area contributed by atoms with Crippen LogP contribution in [0.25, 0.3) is 0 Å². The molecule has 2 N–H and O–H groups in total. The van der Waals surface area contributed by atoms with Gasteiger partial charge in [0.1, 0.15) is 4.90 Å². The van der Waals surface area contributed by atoms with Gasteiger partial charge in [-0.15, -0.1) is 0 Å². The number of hydrogen-bond acceptors (Lipinski definition) is 4. The first kappa shape index (κ1) is 17.4. The van der Waals surface area contributed by atoms with E-state index in [9.17, 15) is 8.42 Å². The molecule has 7 heteroatoms. The maximum atomic E-state index is 12.3. The van der Waals surface area contributed by atoms with Crippen molar-refractivity contribution in [2.45, 2.75) is 31.3 Å². The summed E-state index contributed by atoms with van der Waals surface area (Å²) in [5.41, 5.74) is 0.856. The van der Waals surface area contributed by atoms with E-state index >= 15 is 0 Å². The molecule has 0 aliphatic rings. The Balaban J connectivity index is 2.93. The van der Waals surface area contributed by atoms with Crippen LogP contribution >= 0.6 is 11.6 Å². The first-order valence-electron chi connectivity index (χ1n) is 6.43. The first-order valence-corrected chi connectivity index (χ1v) is 8.30. The van der Waals surface area contributed by atoms with Gasteiger partial charge in [0.2, 0.25) is 10.0 Å². The predicted octanol–water partition coefficient (Wildman–Crippen LogP) is 1.76. The monoisotopic (exact) mass is 320 g/mol. The van der Waals surface area contributed by atoms with E-state index in [1.807, 2.05) is 6.92 Å². The topological polar surface area (TPSA) is 67.4 Å². The summed E-state index contributed by atoms with van der Waals surface area (Å²) in [6, 6.07) is 4.65. The molecular weight excluding hydrogens is 300 g/mol. The summed E-state index contributed by atoms with van der Waals surface area (Å²) in [6.07, 6.45) is 0. The summed E-state index contributed by atoms with van der Waals surface area (Å²) in [6.45, 7) is 5.06. The fourth-order valence-electron chi connectivity index (χ4n) is 1.72. The van der Waals surface area contributed by atoms with Crippen molar-refractivity contribution in [3.8, 4) is 0 Å². The molecule has 0 aliphatic heterocycles. The standard InChI is InChI=1S/C13H21ClN2O3S/c1-4-19-9-10(2)16-20(17,18)13-7-11(8-15-3)5-6-12(13)14/h5-7,10,15-16H,4,8-9H2,1-3H3. The quantitative estimate of drug-likeness (QED) is 0.766. The molecule has 0 aromatic heterocycles. The van der Waals surface area contributed by atoms with Gasteiger partial charge in [-0.1, -0.05) is 17.7 Å². The Labute approximate surface area is 125 Å². The third-order valence-corrected chi connectivity index (χ3v) is 4.67. The molecule has 0 spiro atoms. The molecule has 0 aliphatic carbocycles. The van der Waals surface area contributed by atoms with Crippen molar-refractivity contribution in [1.29, 1.82) is 0 Å².